The summed E-state index contributed by atoms with van der Waals surface area (Å²) in [5.41, 5.74) is 1.54. The van der Waals surface area contributed by atoms with Gasteiger partial charge in [0.1, 0.15) is 11.5 Å². The third kappa shape index (κ3) is 2.96. The third-order valence-electron chi connectivity index (χ3n) is 3.93. The van der Waals surface area contributed by atoms with Crippen LogP contribution in [0.4, 0.5) is 0 Å². The second-order valence-electron chi connectivity index (χ2n) is 5.46. The minimum atomic E-state index is 0.00520. The number of aryl methyl sites for hydroxylation is 1. The number of likely N-dealkylation sites (tertiary alicyclic amines) is 1. The summed E-state index contributed by atoms with van der Waals surface area (Å²) in [5.74, 6) is 0.829. The van der Waals surface area contributed by atoms with E-state index in [0.29, 0.717) is 5.56 Å². The summed E-state index contributed by atoms with van der Waals surface area (Å²) in [6.07, 6.45) is 7.53. The Morgan fingerprint density at radius 1 is 1.29 bits per heavy atom. The van der Waals surface area contributed by atoms with Gasteiger partial charge in [-0.25, -0.2) is 0 Å². The molecule has 1 aliphatic rings. The van der Waals surface area contributed by atoms with Crippen molar-refractivity contribution in [3.8, 4) is 0 Å². The summed E-state index contributed by atoms with van der Waals surface area (Å²) in [6.45, 7) is 2.64. The lowest BCUT2D eigenvalue weighted by atomic mass is 10.1. The van der Waals surface area contributed by atoms with Gasteiger partial charge in [-0.2, -0.15) is 0 Å². The first-order valence-corrected chi connectivity index (χ1v) is 7.40. The predicted octanol–water partition coefficient (Wildman–Crippen LogP) is 3.14. The van der Waals surface area contributed by atoms with Gasteiger partial charge in [0.05, 0.1) is 6.04 Å². The highest BCUT2D eigenvalue weighted by Gasteiger charge is 2.29. The zero-order chi connectivity index (χ0) is 14.7. The molecule has 110 valence electrons. The van der Waals surface area contributed by atoms with Gasteiger partial charge in [0, 0.05) is 30.6 Å². The molecule has 0 bridgehead atoms. The maximum atomic E-state index is 12.8. The van der Waals surface area contributed by atoms with Crippen LogP contribution in [0.25, 0.3) is 0 Å². The predicted molar refractivity (Wildman–Crippen MR) is 77.7 cm³/mol. The largest absolute Gasteiger partial charge is 0.361 e. The number of nitrogens with zero attached hydrogens (tertiary/aromatic N) is 3. The van der Waals surface area contributed by atoms with E-state index in [2.05, 4.69) is 10.1 Å². The molecule has 1 saturated heterocycles. The molecule has 0 saturated carbocycles. The maximum absolute atomic E-state index is 12.8. The topological polar surface area (TPSA) is 59.2 Å². The molecule has 0 N–H and O–H groups in total. The van der Waals surface area contributed by atoms with E-state index in [1.165, 1.54) is 0 Å². The maximum Gasteiger partial charge on any atom is 0.254 e. The molecular formula is C16H19N3O2. The van der Waals surface area contributed by atoms with Gasteiger partial charge in [-0.15, -0.1) is 0 Å². The number of aromatic nitrogens is 2. The molecule has 0 spiro atoms. The van der Waals surface area contributed by atoms with Crippen LogP contribution in [-0.4, -0.2) is 27.5 Å². The normalized spacial score (nSPS) is 19.3. The van der Waals surface area contributed by atoms with Crippen molar-refractivity contribution in [2.45, 2.75) is 38.6 Å². The van der Waals surface area contributed by atoms with E-state index in [9.17, 15) is 4.79 Å². The lowest BCUT2D eigenvalue weighted by Gasteiger charge is -2.28. The van der Waals surface area contributed by atoms with E-state index in [1.807, 2.05) is 17.9 Å². The molecule has 0 aliphatic carbocycles. The lowest BCUT2D eigenvalue weighted by molar-refractivity contribution is 0.0674. The average molecular weight is 285 g/mol. The van der Waals surface area contributed by atoms with Crippen molar-refractivity contribution in [1.29, 1.82) is 0 Å². The fraction of sp³-hybridized carbons (Fsp3) is 0.438. The van der Waals surface area contributed by atoms with Gasteiger partial charge in [0.15, 0.2) is 0 Å². The zero-order valence-corrected chi connectivity index (χ0v) is 12.2. The first-order chi connectivity index (χ1) is 10.3. The van der Waals surface area contributed by atoms with Crippen LogP contribution in [-0.2, 0) is 0 Å². The smallest absolute Gasteiger partial charge is 0.254 e. The number of hydrogen-bond donors (Lipinski definition) is 0. The van der Waals surface area contributed by atoms with Crippen molar-refractivity contribution in [2.24, 2.45) is 0 Å². The molecule has 1 amide bonds. The Balaban J connectivity index is 1.90. The van der Waals surface area contributed by atoms with Gasteiger partial charge in [-0.05, 0) is 31.9 Å². The van der Waals surface area contributed by atoms with Crippen molar-refractivity contribution < 1.29 is 9.32 Å². The molecule has 21 heavy (non-hydrogen) atoms. The zero-order valence-electron chi connectivity index (χ0n) is 12.2. The van der Waals surface area contributed by atoms with Crippen molar-refractivity contribution >= 4 is 5.91 Å². The Labute approximate surface area is 124 Å². The summed E-state index contributed by atoms with van der Waals surface area (Å²) in [5, 5.41) is 4.13. The molecule has 1 atom stereocenters. The van der Waals surface area contributed by atoms with E-state index < -0.39 is 0 Å². The number of hydrogen-bond acceptors (Lipinski definition) is 4. The van der Waals surface area contributed by atoms with E-state index in [0.717, 1.165) is 43.7 Å². The Morgan fingerprint density at radius 2 is 2.10 bits per heavy atom. The monoisotopic (exact) mass is 285 g/mol. The highest BCUT2D eigenvalue weighted by Crippen LogP contribution is 2.30. The Morgan fingerprint density at radius 3 is 2.81 bits per heavy atom. The van der Waals surface area contributed by atoms with Crippen molar-refractivity contribution in [3.63, 3.8) is 0 Å². The van der Waals surface area contributed by atoms with Crippen LogP contribution in [0.1, 0.15) is 53.5 Å². The summed E-state index contributed by atoms with van der Waals surface area (Å²) < 4.78 is 5.19. The molecule has 5 heteroatoms. The van der Waals surface area contributed by atoms with Gasteiger partial charge < -0.3 is 9.42 Å². The number of carbonyl (C=O) groups excluding carboxylic acids is 1. The van der Waals surface area contributed by atoms with Crippen molar-refractivity contribution in [1.82, 2.24) is 15.0 Å². The summed E-state index contributed by atoms with van der Waals surface area (Å²) in [6, 6.07) is 5.46. The van der Waals surface area contributed by atoms with Crippen LogP contribution in [0.2, 0.25) is 0 Å². The molecule has 1 aliphatic heterocycles. The Hall–Kier alpha value is -2.17. The van der Waals surface area contributed by atoms with Crippen LogP contribution >= 0.6 is 0 Å². The molecule has 0 radical (unpaired) electrons. The second-order valence-corrected chi connectivity index (χ2v) is 5.46. The summed E-state index contributed by atoms with van der Waals surface area (Å²) >= 11 is 0. The van der Waals surface area contributed by atoms with Crippen LogP contribution in [0.3, 0.4) is 0 Å². The van der Waals surface area contributed by atoms with Gasteiger partial charge in [0.25, 0.3) is 5.91 Å². The number of pyridine rings is 1. The lowest BCUT2D eigenvalue weighted by Crippen LogP contribution is -2.35. The molecule has 3 heterocycles. The van der Waals surface area contributed by atoms with Crippen molar-refractivity contribution in [2.75, 3.05) is 6.54 Å². The van der Waals surface area contributed by atoms with Crippen molar-refractivity contribution in [3.05, 3.63) is 47.6 Å². The molecule has 5 nitrogen and oxygen atoms in total. The quantitative estimate of drug-likeness (QED) is 0.850. The molecule has 3 rings (SSSR count). The van der Waals surface area contributed by atoms with Gasteiger partial charge >= 0.3 is 0 Å². The third-order valence-corrected chi connectivity index (χ3v) is 3.93. The molecule has 1 fully saturated rings. The molecular weight excluding hydrogens is 266 g/mol. The van der Waals surface area contributed by atoms with Crippen LogP contribution in [0.5, 0.6) is 0 Å². The fourth-order valence-electron chi connectivity index (χ4n) is 2.86. The number of rotatable bonds is 2. The van der Waals surface area contributed by atoms with E-state index in [1.54, 1.807) is 24.5 Å². The van der Waals surface area contributed by atoms with Crippen LogP contribution in [0, 0.1) is 6.92 Å². The standard InChI is InChI=1S/C16H19N3O2/c1-12-11-14(18-21-12)15-5-3-2-4-10-19(15)16(20)13-6-8-17-9-7-13/h6-9,11,15H,2-5,10H2,1H3. The van der Waals surface area contributed by atoms with Crippen LogP contribution < -0.4 is 0 Å². The van der Waals surface area contributed by atoms with Gasteiger partial charge in [0.2, 0.25) is 0 Å². The Bertz CT molecular complexity index is 609. The molecule has 1 unspecified atom stereocenters. The SMILES string of the molecule is Cc1cc(C2CCCCCN2C(=O)c2ccncc2)no1. The molecule has 2 aromatic rings. The highest BCUT2D eigenvalue weighted by atomic mass is 16.5. The average Bonchev–Trinajstić information content (AvgIpc) is 2.80. The minimum Gasteiger partial charge on any atom is -0.361 e. The van der Waals surface area contributed by atoms with Gasteiger partial charge in [-0.1, -0.05) is 18.0 Å². The fourth-order valence-corrected chi connectivity index (χ4v) is 2.86. The molecule has 0 aromatic carbocycles. The summed E-state index contributed by atoms with van der Waals surface area (Å²) in [4.78, 5) is 18.7. The number of amides is 1. The second kappa shape index (κ2) is 6.08. The minimum absolute atomic E-state index is 0.00520. The van der Waals surface area contributed by atoms with E-state index >= 15 is 0 Å². The van der Waals surface area contributed by atoms with Gasteiger partial charge in [-0.3, -0.25) is 9.78 Å². The molecule has 2 aromatic heterocycles. The van der Waals surface area contributed by atoms with E-state index in [4.69, 9.17) is 4.52 Å². The summed E-state index contributed by atoms with van der Waals surface area (Å²) in [7, 11) is 0. The van der Waals surface area contributed by atoms with E-state index in [-0.39, 0.29) is 11.9 Å². The highest BCUT2D eigenvalue weighted by molar-refractivity contribution is 5.94. The first kappa shape index (κ1) is 13.8. The Kier molecular flexibility index (Phi) is 3.99. The van der Waals surface area contributed by atoms with Crippen LogP contribution in [0.15, 0.2) is 35.1 Å². The number of carbonyl (C=O) groups is 1. The first-order valence-electron chi connectivity index (χ1n) is 7.40.